The third-order valence-electron chi connectivity index (χ3n) is 2.40. The Kier molecular flexibility index (Phi) is 4.55. The van der Waals surface area contributed by atoms with Crippen molar-refractivity contribution >= 4 is 16.7 Å². The van der Waals surface area contributed by atoms with Crippen LogP contribution in [0.3, 0.4) is 0 Å². The van der Waals surface area contributed by atoms with Gasteiger partial charge in [0.1, 0.15) is 0 Å². The maximum absolute atomic E-state index is 12.4. The molecule has 0 aliphatic carbocycles. The number of alkyl halides is 3. The summed E-state index contributed by atoms with van der Waals surface area (Å²) in [6, 6.07) is 0. The van der Waals surface area contributed by atoms with Crippen LogP contribution in [0.15, 0.2) is 0 Å². The maximum atomic E-state index is 12.4. The minimum atomic E-state index is -4.51. The summed E-state index contributed by atoms with van der Waals surface area (Å²) >= 11 is 0.698. The van der Waals surface area contributed by atoms with E-state index in [0.29, 0.717) is 24.0 Å². The van der Waals surface area contributed by atoms with Gasteiger partial charge in [0.25, 0.3) is 0 Å². The molecule has 0 radical (unpaired) electrons. The second-order valence-corrected chi connectivity index (χ2v) is 5.66. The van der Waals surface area contributed by atoms with E-state index in [1.165, 1.54) is 0 Å². The molecule has 0 saturated heterocycles. The Bertz CT molecular complexity index is 391. The molecule has 1 aromatic rings. The Morgan fingerprint density at radius 3 is 2.39 bits per heavy atom. The van der Waals surface area contributed by atoms with Gasteiger partial charge >= 0.3 is 6.18 Å². The molecule has 0 saturated carbocycles. The van der Waals surface area contributed by atoms with Crippen LogP contribution in [0.25, 0.3) is 0 Å². The molecule has 104 valence electrons. The van der Waals surface area contributed by atoms with E-state index in [9.17, 15) is 13.2 Å². The summed E-state index contributed by atoms with van der Waals surface area (Å²) < 4.78 is 40.4. The summed E-state index contributed by atoms with van der Waals surface area (Å²) in [6.45, 7) is 6.22. The van der Waals surface area contributed by atoms with Crippen LogP contribution in [0.1, 0.15) is 33.0 Å². The first-order valence-corrected chi connectivity index (χ1v) is 6.33. The molecule has 0 aliphatic heterocycles. The standard InChI is InChI=1S/C10H17F3N4S/c1-6(2)4-9(3,5-14)16-8-15-7(17-18-8)10(11,12)13/h6H,4-5,14H2,1-3H3,(H,15,16,17). The normalized spacial score (nSPS) is 15.8. The van der Waals surface area contributed by atoms with Crippen LogP contribution in [-0.2, 0) is 6.18 Å². The molecule has 18 heavy (non-hydrogen) atoms. The van der Waals surface area contributed by atoms with Gasteiger partial charge in [0, 0.05) is 23.6 Å². The van der Waals surface area contributed by atoms with Crippen molar-refractivity contribution < 1.29 is 13.2 Å². The van der Waals surface area contributed by atoms with Gasteiger partial charge in [-0.2, -0.15) is 22.5 Å². The summed E-state index contributed by atoms with van der Waals surface area (Å²) in [7, 11) is 0. The summed E-state index contributed by atoms with van der Waals surface area (Å²) in [5, 5.41) is 3.10. The van der Waals surface area contributed by atoms with Gasteiger partial charge in [0.2, 0.25) is 11.0 Å². The molecule has 1 atom stereocenters. The van der Waals surface area contributed by atoms with Crippen molar-refractivity contribution in [2.24, 2.45) is 11.7 Å². The zero-order chi connectivity index (χ0) is 14.0. The SMILES string of the molecule is CC(C)CC(C)(CN)Nc1nc(C(F)(F)F)ns1. The first-order valence-electron chi connectivity index (χ1n) is 5.55. The summed E-state index contributed by atoms with van der Waals surface area (Å²) in [4.78, 5) is 3.44. The second-order valence-electron chi connectivity index (χ2n) is 4.91. The molecule has 8 heteroatoms. The Labute approximate surface area is 108 Å². The van der Waals surface area contributed by atoms with Crippen LogP contribution < -0.4 is 11.1 Å². The van der Waals surface area contributed by atoms with Gasteiger partial charge in [-0.3, -0.25) is 0 Å². The van der Waals surface area contributed by atoms with Crippen molar-refractivity contribution in [2.45, 2.75) is 38.9 Å². The minimum absolute atomic E-state index is 0.149. The van der Waals surface area contributed by atoms with E-state index in [0.717, 1.165) is 6.42 Å². The molecule has 1 aromatic heterocycles. The Morgan fingerprint density at radius 1 is 1.39 bits per heavy atom. The predicted octanol–water partition coefficient (Wildman–Crippen LogP) is 2.73. The molecule has 1 heterocycles. The van der Waals surface area contributed by atoms with Crippen molar-refractivity contribution in [1.29, 1.82) is 0 Å². The number of nitrogens with two attached hydrogens (primary N) is 1. The fourth-order valence-electron chi connectivity index (χ4n) is 1.73. The highest BCUT2D eigenvalue weighted by atomic mass is 32.1. The second kappa shape index (κ2) is 5.40. The molecule has 3 N–H and O–H groups in total. The average molecular weight is 282 g/mol. The maximum Gasteiger partial charge on any atom is 0.452 e. The number of nitrogens with zero attached hydrogens (tertiary/aromatic N) is 2. The molecule has 1 rings (SSSR count). The third kappa shape index (κ3) is 4.09. The molecule has 0 aromatic carbocycles. The van der Waals surface area contributed by atoms with Crippen molar-refractivity contribution in [2.75, 3.05) is 11.9 Å². The highest BCUT2D eigenvalue weighted by Gasteiger charge is 2.36. The van der Waals surface area contributed by atoms with Crippen LogP contribution in [0.2, 0.25) is 0 Å². The van der Waals surface area contributed by atoms with E-state index in [1.54, 1.807) is 0 Å². The zero-order valence-corrected chi connectivity index (χ0v) is 11.3. The van der Waals surface area contributed by atoms with Gasteiger partial charge in [0.15, 0.2) is 0 Å². The van der Waals surface area contributed by atoms with E-state index < -0.39 is 17.5 Å². The molecule has 0 amide bonds. The minimum Gasteiger partial charge on any atom is -0.354 e. The first kappa shape index (κ1) is 15.2. The molecular weight excluding hydrogens is 265 g/mol. The number of nitrogens with one attached hydrogen (secondary N) is 1. The van der Waals surface area contributed by atoms with Gasteiger partial charge in [-0.1, -0.05) is 13.8 Å². The lowest BCUT2D eigenvalue weighted by Gasteiger charge is -2.30. The number of rotatable bonds is 5. The van der Waals surface area contributed by atoms with Gasteiger partial charge in [-0.15, -0.1) is 0 Å². The smallest absolute Gasteiger partial charge is 0.354 e. The van der Waals surface area contributed by atoms with E-state index in [-0.39, 0.29) is 5.13 Å². The van der Waals surface area contributed by atoms with Crippen LogP contribution in [0, 0.1) is 5.92 Å². The highest BCUT2D eigenvalue weighted by molar-refractivity contribution is 7.09. The average Bonchev–Trinajstić information content (AvgIpc) is 2.64. The zero-order valence-electron chi connectivity index (χ0n) is 10.5. The van der Waals surface area contributed by atoms with Gasteiger partial charge < -0.3 is 11.1 Å². The van der Waals surface area contributed by atoms with Gasteiger partial charge in [-0.25, -0.2) is 0 Å². The molecule has 0 bridgehead atoms. The lowest BCUT2D eigenvalue weighted by Crippen LogP contribution is -2.43. The summed E-state index contributed by atoms with van der Waals surface area (Å²) in [5.74, 6) is -0.736. The van der Waals surface area contributed by atoms with Crippen LogP contribution in [-0.4, -0.2) is 21.4 Å². The topological polar surface area (TPSA) is 63.8 Å². The highest BCUT2D eigenvalue weighted by Crippen LogP contribution is 2.30. The lowest BCUT2D eigenvalue weighted by atomic mass is 9.91. The van der Waals surface area contributed by atoms with Crippen molar-refractivity contribution in [3.8, 4) is 0 Å². The number of hydrogen-bond donors (Lipinski definition) is 2. The predicted molar refractivity (Wildman–Crippen MR) is 65.4 cm³/mol. The fourth-order valence-corrected chi connectivity index (χ4v) is 2.47. The van der Waals surface area contributed by atoms with Crippen LogP contribution >= 0.6 is 11.5 Å². The molecule has 0 spiro atoms. The van der Waals surface area contributed by atoms with Crippen molar-refractivity contribution in [3.63, 3.8) is 0 Å². The summed E-state index contributed by atoms with van der Waals surface area (Å²) in [6.07, 6.45) is -3.77. The summed E-state index contributed by atoms with van der Waals surface area (Å²) in [5.41, 5.74) is 5.19. The first-order chi connectivity index (χ1) is 8.16. The number of anilines is 1. The fraction of sp³-hybridized carbons (Fsp3) is 0.800. The van der Waals surface area contributed by atoms with Crippen molar-refractivity contribution in [1.82, 2.24) is 9.36 Å². The molecule has 0 fully saturated rings. The number of hydrogen-bond acceptors (Lipinski definition) is 5. The molecule has 0 aliphatic rings. The van der Waals surface area contributed by atoms with E-state index in [4.69, 9.17) is 5.73 Å². The lowest BCUT2D eigenvalue weighted by molar-refractivity contribution is -0.144. The Balaban J connectivity index is 2.80. The monoisotopic (exact) mass is 282 g/mol. The van der Waals surface area contributed by atoms with Gasteiger partial charge in [-0.05, 0) is 19.3 Å². The Morgan fingerprint density at radius 2 is 2.00 bits per heavy atom. The molecule has 1 unspecified atom stereocenters. The molecule has 4 nitrogen and oxygen atoms in total. The van der Waals surface area contributed by atoms with Gasteiger partial charge in [0.05, 0.1) is 0 Å². The van der Waals surface area contributed by atoms with E-state index in [1.807, 2.05) is 20.8 Å². The third-order valence-corrected chi connectivity index (χ3v) is 3.03. The molecular formula is C10H17F3N4S. The van der Waals surface area contributed by atoms with E-state index >= 15 is 0 Å². The Hall–Kier alpha value is -0.890. The van der Waals surface area contributed by atoms with Crippen molar-refractivity contribution in [3.05, 3.63) is 5.82 Å². The number of aromatic nitrogens is 2. The van der Waals surface area contributed by atoms with Crippen LogP contribution in [0.4, 0.5) is 18.3 Å². The largest absolute Gasteiger partial charge is 0.452 e. The quantitative estimate of drug-likeness (QED) is 0.871. The van der Waals surface area contributed by atoms with E-state index in [2.05, 4.69) is 14.7 Å². The van der Waals surface area contributed by atoms with Crippen LogP contribution in [0.5, 0.6) is 0 Å². The number of halogens is 3.